The summed E-state index contributed by atoms with van der Waals surface area (Å²) >= 11 is 0. The van der Waals surface area contributed by atoms with E-state index in [0.29, 0.717) is 11.3 Å². The maximum Gasteiger partial charge on any atom is 0.167 e. The summed E-state index contributed by atoms with van der Waals surface area (Å²) in [4.78, 5) is 6.90. The van der Waals surface area contributed by atoms with Crippen LogP contribution in [0.15, 0.2) is 17.1 Å². The van der Waals surface area contributed by atoms with Crippen molar-refractivity contribution in [1.82, 2.24) is 4.90 Å². The number of methoxy groups -OCH3 is 2. The van der Waals surface area contributed by atoms with E-state index in [1.54, 1.807) is 13.2 Å². The molecule has 1 heterocycles. The van der Waals surface area contributed by atoms with E-state index in [2.05, 4.69) is 11.9 Å². The Hall–Kier alpha value is -1.62. The summed E-state index contributed by atoms with van der Waals surface area (Å²) in [5.41, 5.74) is 1.33. The monoisotopic (exact) mass is 280 g/mol. The molecule has 1 aromatic rings. The van der Waals surface area contributed by atoms with Crippen molar-refractivity contribution in [2.45, 2.75) is 25.9 Å². The van der Waals surface area contributed by atoms with Gasteiger partial charge in [0.1, 0.15) is 11.9 Å². The molecular weight excluding hydrogens is 259 g/mol. The summed E-state index contributed by atoms with van der Waals surface area (Å²) in [6.07, 6.45) is 2.30. The first-order chi connectivity index (χ1) is 9.58. The van der Waals surface area contributed by atoms with Gasteiger partial charge in [-0.1, -0.05) is 0 Å². The molecule has 20 heavy (non-hydrogen) atoms. The lowest BCUT2D eigenvalue weighted by atomic mass is 10.1. The van der Waals surface area contributed by atoms with Gasteiger partial charge in [-0.05, 0) is 45.5 Å². The van der Waals surface area contributed by atoms with E-state index >= 15 is 0 Å². The van der Waals surface area contributed by atoms with Crippen LogP contribution in [-0.4, -0.2) is 44.6 Å². The van der Waals surface area contributed by atoms with Crippen molar-refractivity contribution in [1.29, 1.82) is 0 Å². The van der Waals surface area contributed by atoms with E-state index in [1.165, 1.54) is 13.2 Å². The number of halogens is 1. The van der Waals surface area contributed by atoms with Crippen LogP contribution in [0.3, 0.4) is 0 Å². The normalized spacial score (nSPS) is 20.2. The van der Waals surface area contributed by atoms with Crippen LogP contribution in [0.1, 0.15) is 25.3 Å². The predicted octanol–water partition coefficient (Wildman–Crippen LogP) is 2.70. The molecule has 110 valence electrons. The second kappa shape index (κ2) is 6.22. The largest absolute Gasteiger partial charge is 0.496 e. The predicted molar refractivity (Wildman–Crippen MR) is 77.4 cm³/mol. The third kappa shape index (κ3) is 2.77. The van der Waals surface area contributed by atoms with Crippen molar-refractivity contribution < 1.29 is 13.9 Å². The van der Waals surface area contributed by atoms with Gasteiger partial charge in [0.25, 0.3) is 0 Å². The van der Waals surface area contributed by atoms with Gasteiger partial charge in [0.15, 0.2) is 11.6 Å². The second-order valence-electron chi connectivity index (χ2n) is 4.98. The first-order valence-electron chi connectivity index (χ1n) is 6.74. The third-order valence-corrected chi connectivity index (χ3v) is 3.68. The van der Waals surface area contributed by atoms with Crippen molar-refractivity contribution in [2.24, 2.45) is 4.99 Å². The molecule has 0 saturated carbocycles. The van der Waals surface area contributed by atoms with Gasteiger partial charge in [0.2, 0.25) is 0 Å². The first-order valence-corrected chi connectivity index (χ1v) is 6.74. The van der Waals surface area contributed by atoms with E-state index in [9.17, 15) is 4.39 Å². The second-order valence-corrected chi connectivity index (χ2v) is 4.98. The molecule has 1 atom stereocenters. The fourth-order valence-electron chi connectivity index (χ4n) is 2.60. The molecule has 1 unspecified atom stereocenters. The number of rotatable bonds is 4. The maximum atomic E-state index is 13.9. The van der Waals surface area contributed by atoms with Gasteiger partial charge in [-0.25, -0.2) is 4.39 Å². The molecule has 0 bridgehead atoms. The summed E-state index contributed by atoms with van der Waals surface area (Å²) in [7, 11) is 5.07. The number of likely N-dealkylation sites (tertiary alicyclic amines) is 1. The standard InChI is InChI=1S/C15H21FN2O2/c1-10(17-13-6-5-9-18(13)2)14-12(19-3)8-7-11(16)15(14)20-4/h7-8,13H,5-6,9H2,1-4H3. The lowest BCUT2D eigenvalue weighted by Gasteiger charge is -2.18. The van der Waals surface area contributed by atoms with Crippen molar-refractivity contribution in [3.8, 4) is 11.5 Å². The maximum absolute atomic E-state index is 13.9. The molecule has 5 heteroatoms. The van der Waals surface area contributed by atoms with Crippen LogP contribution in [-0.2, 0) is 0 Å². The van der Waals surface area contributed by atoms with Crippen LogP contribution in [0, 0.1) is 5.82 Å². The third-order valence-electron chi connectivity index (χ3n) is 3.68. The molecule has 1 aromatic carbocycles. The van der Waals surface area contributed by atoms with Gasteiger partial charge in [-0.2, -0.15) is 0 Å². The van der Waals surface area contributed by atoms with Crippen LogP contribution in [0.4, 0.5) is 4.39 Å². The molecule has 0 N–H and O–H groups in total. The van der Waals surface area contributed by atoms with Crippen molar-refractivity contribution >= 4 is 5.71 Å². The highest BCUT2D eigenvalue weighted by Gasteiger charge is 2.23. The lowest BCUT2D eigenvalue weighted by Crippen LogP contribution is -2.24. The molecule has 2 rings (SSSR count). The van der Waals surface area contributed by atoms with Crippen molar-refractivity contribution in [3.05, 3.63) is 23.5 Å². The van der Waals surface area contributed by atoms with Gasteiger partial charge >= 0.3 is 0 Å². The van der Waals surface area contributed by atoms with Crippen molar-refractivity contribution in [3.63, 3.8) is 0 Å². The van der Waals surface area contributed by atoms with E-state index in [0.717, 1.165) is 25.1 Å². The molecular formula is C15H21FN2O2. The number of benzene rings is 1. The summed E-state index contributed by atoms with van der Waals surface area (Å²) < 4.78 is 24.4. The highest BCUT2D eigenvalue weighted by atomic mass is 19.1. The Kier molecular flexibility index (Phi) is 4.60. The average Bonchev–Trinajstić information content (AvgIpc) is 2.83. The minimum Gasteiger partial charge on any atom is -0.496 e. The van der Waals surface area contributed by atoms with Gasteiger partial charge in [-0.15, -0.1) is 0 Å². The molecule has 0 radical (unpaired) electrons. The topological polar surface area (TPSA) is 34.1 Å². The minimum absolute atomic E-state index is 0.146. The first kappa shape index (κ1) is 14.8. The highest BCUT2D eigenvalue weighted by molar-refractivity contribution is 6.03. The summed E-state index contributed by atoms with van der Waals surface area (Å²) in [6, 6.07) is 2.95. The van der Waals surface area contributed by atoms with Crippen molar-refractivity contribution in [2.75, 3.05) is 27.8 Å². The minimum atomic E-state index is -0.405. The molecule has 0 aromatic heterocycles. The number of aliphatic imine (C=N–C) groups is 1. The zero-order valence-electron chi connectivity index (χ0n) is 12.4. The Morgan fingerprint density at radius 3 is 2.65 bits per heavy atom. The molecule has 0 aliphatic carbocycles. The average molecular weight is 280 g/mol. The lowest BCUT2D eigenvalue weighted by molar-refractivity contribution is 0.320. The summed E-state index contributed by atoms with van der Waals surface area (Å²) in [5, 5.41) is 0. The summed E-state index contributed by atoms with van der Waals surface area (Å²) in [5.74, 6) is 0.356. The summed E-state index contributed by atoms with van der Waals surface area (Å²) in [6.45, 7) is 2.91. The number of hydrogen-bond donors (Lipinski definition) is 0. The zero-order valence-corrected chi connectivity index (χ0v) is 12.4. The zero-order chi connectivity index (χ0) is 14.7. The molecule has 0 spiro atoms. The van der Waals surface area contributed by atoms with E-state index < -0.39 is 5.82 Å². The smallest absolute Gasteiger partial charge is 0.167 e. The van der Waals surface area contributed by atoms with E-state index in [1.807, 2.05) is 6.92 Å². The van der Waals surface area contributed by atoms with Gasteiger partial charge in [0.05, 0.1) is 19.8 Å². The Morgan fingerprint density at radius 2 is 2.10 bits per heavy atom. The number of nitrogens with zero attached hydrogens (tertiary/aromatic N) is 2. The Labute approximate surface area is 119 Å². The van der Waals surface area contributed by atoms with Gasteiger partial charge in [-0.3, -0.25) is 9.89 Å². The van der Waals surface area contributed by atoms with Crippen LogP contribution in [0.25, 0.3) is 0 Å². The van der Waals surface area contributed by atoms with Crippen LogP contribution in [0.5, 0.6) is 11.5 Å². The molecule has 4 nitrogen and oxygen atoms in total. The Bertz CT molecular complexity index is 517. The SMILES string of the molecule is COc1ccc(F)c(OC)c1C(C)=NC1CCCN1C. The highest BCUT2D eigenvalue weighted by Crippen LogP contribution is 2.32. The Balaban J connectivity index is 2.44. The fraction of sp³-hybridized carbons (Fsp3) is 0.533. The Morgan fingerprint density at radius 1 is 1.35 bits per heavy atom. The van der Waals surface area contributed by atoms with Gasteiger partial charge in [0, 0.05) is 5.71 Å². The van der Waals surface area contributed by atoms with E-state index in [-0.39, 0.29) is 11.9 Å². The van der Waals surface area contributed by atoms with Crippen LogP contribution in [0.2, 0.25) is 0 Å². The van der Waals surface area contributed by atoms with Crippen LogP contribution < -0.4 is 9.47 Å². The molecule has 0 amide bonds. The van der Waals surface area contributed by atoms with Crippen LogP contribution >= 0.6 is 0 Å². The fourth-order valence-corrected chi connectivity index (χ4v) is 2.60. The number of hydrogen-bond acceptors (Lipinski definition) is 4. The molecule has 1 fully saturated rings. The quantitative estimate of drug-likeness (QED) is 0.795. The number of ether oxygens (including phenoxy) is 2. The molecule has 1 aliphatic rings. The van der Waals surface area contributed by atoms with Gasteiger partial charge < -0.3 is 9.47 Å². The van der Waals surface area contributed by atoms with E-state index in [4.69, 9.17) is 14.5 Å². The molecule has 1 saturated heterocycles. The molecule has 1 aliphatic heterocycles.